The number of hydrogen-bond acceptors (Lipinski definition) is 3. The fraction of sp³-hybridized carbons (Fsp3) is 0.375. The molecule has 0 aliphatic heterocycles. The number of nitrogens with zero attached hydrogens (tertiary/aromatic N) is 1. The summed E-state index contributed by atoms with van der Waals surface area (Å²) in [7, 11) is 3.69. The van der Waals surface area contributed by atoms with Crippen molar-refractivity contribution in [2.45, 2.75) is 6.42 Å². The van der Waals surface area contributed by atoms with E-state index in [1.165, 1.54) is 6.26 Å². The molecule has 1 heterocycles. The van der Waals surface area contributed by atoms with E-state index in [9.17, 15) is 4.79 Å². The fourth-order valence-electron chi connectivity index (χ4n) is 1.00. The van der Waals surface area contributed by atoms with Crippen LogP contribution in [0, 0.1) is 0 Å². The number of rotatable bonds is 3. The minimum absolute atomic E-state index is 0.0689. The Balaban J connectivity index is 2.84. The summed E-state index contributed by atoms with van der Waals surface area (Å²) in [5, 5.41) is 8.51. The summed E-state index contributed by atoms with van der Waals surface area (Å²) in [6.07, 6.45) is 1.42. The molecule has 4 nitrogen and oxygen atoms in total. The average molecular weight is 169 g/mol. The van der Waals surface area contributed by atoms with Gasteiger partial charge in [0.25, 0.3) is 0 Å². The van der Waals surface area contributed by atoms with Crippen molar-refractivity contribution < 1.29 is 14.3 Å². The molecule has 0 bridgehead atoms. The molecule has 0 atom stereocenters. The van der Waals surface area contributed by atoms with Crippen molar-refractivity contribution in [3.05, 3.63) is 18.1 Å². The Kier molecular flexibility index (Phi) is 2.38. The van der Waals surface area contributed by atoms with Gasteiger partial charge in [-0.15, -0.1) is 0 Å². The van der Waals surface area contributed by atoms with Gasteiger partial charge in [-0.1, -0.05) is 0 Å². The van der Waals surface area contributed by atoms with Crippen LogP contribution in [0.25, 0.3) is 0 Å². The summed E-state index contributed by atoms with van der Waals surface area (Å²) >= 11 is 0. The first-order valence-corrected chi connectivity index (χ1v) is 3.56. The van der Waals surface area contributed by atoms with Crippen LogP contribution in [0.15, 0.2) is 16.7 Å². The highest BCUT2D eigenvalue weighted by Crippen LogP contribution is 2.19. The molecule has 1 rings (SSSR count). The predicted octanol–water partition coefficient (Wildman–Crippen LogP) is 0.973. The van der Waals surface area contributed by atoms with Gasteiger partial charge in [0, 0.05) is 20.2 Å². The van der Waals surface area contributed by atoms with E-state index in [0.717, 1.165) is 5.69 Å². The molecule has 12 heavy (non-hydrogen) atoms. The van der Waals surface area contributed by atoms with Crippen molar-refractivity contribution in [3.8, 4) is 0 Å². The van der Waals surface area contributed by atoms with Crippen LogP contribution in [0.5, 0.6) is 0 Å². The largest absolute Gasteiger partial charge is 0.481 e. The SMILES string of the molecule is CN(C)c1ccoc1CC(=O)O. The molecule has 0 fully saturated rings. The Morgan fingerprint density at radius 2 is 2.33 bits per heavy atom. The van der Waals surface area contributed by atoms with Gasteiger partial charge in [0.2, 0.25) is 0 Å². The molecule has 0 spiro atoms. The van der Waals surface area contributed by atoms with Gasteiger partial charge in [0.15, 0.2) is 0 Å². The maximum atomic E-state index is 10.4. The van der Waals surface area contributed by atoms with E-state index in [1.54, 1.807) is 6.07 Å². The summed E-state index contributed by atoms with van der Waals surface area (Å²) in [6, 6.07) is 1.75. The van der Waals surface area contributed by atoms with E-state index < -0.39 is 5.97 Å². The Morgan fingerprint density at radius 1 is 1.67 bits per heavy atom. The van der Waals surface area contributed by atoms with Crippen LogP contribution in [0.3, 0.4) is 0 Å². The van der Waals surface area contributed by atoms with Gasteiger partial charge in [-0.2, -0.15) is 0 Å². The molecule has 66 valence electrons. The summed E-state index contributed by atoms with van der Waals surface area (Å²) in [5.74, 6) is -0.388. The van der Waals surface area contributed by atoms with Crippen LogP contribution in [0.2, 0.25) is 0 Å². The smallest absolute Gasteiger partial charge is 0.311 e. The second kappa shape index (κ2) is 3.30. The van der Waals surface area contributed by atoms with Gasteiger partial charge < -0.3 is 14.4 Å². The zero-order chi connectivity index (χ0) is 9.14. The van der Waals surface area contributed by atoms with E-state index >= 15 is 0 Å². The number of carbonyl (C=O) groups is 1. The molecule has 1 aromatic heterocycles. The summed E-state index contributed by atoms with van der Waals surface area (Å²) in [5.41, 5.74) is 0.817. The van der Waals surface area contributed by atoms with Crippen molar-refractivity contribution >= 4 is 11.7 Å². The monoisotopic (exact) mass is 169 g/mol. The first-order chi connectivity index (χ1) is 5.61. The maximum absolute atomic E-state index is 10.4. The van der Waals surface area contributed by atoms with Crippen LogP contribution in [-0.2, 0) is 11.2 Å². The molecule has 1 aromatic rings. The van der Waals surface area contributed by atoms with Crippen molar-refractivity contribution in [1.82, 2.24) is 0 Å². The Bertz CT molecular complexity index is 278. The normalized spacial score (nSPS) is 9.83. The Morgan fingerprint density at radius 3 is 2.83 bits per heavy atom. The number of hydrogen-bond donors (Lipinski definition) is 1. The molecule has 0 aromatic carbocycles. The minimum atomic E-state index is -0.881. The van der Waals surface area contributed by atoms with Crippen LogP contribution >= 0.6 is 0 Å². The van der Waals surface area contributed by atoms with E-state index in [2.05, 4.69) is 0 Å². The predicted molar refractivity (Wildman–Crippen MR) is 44.4 cm³/mol. The zero-order valence-electron chi connectivity index (χ0n) is 7.07. The molecule has 0 aliphatic rings. The third-order valence-corrected chi connectivity index (χ3v) is 1.52. The topological polar surface area (TPSA) is 53.7 Å². The quantitative estimate of drug-likeness (QED) is 0.732. The van der Waals surface area contributed by atoms with Crippen LogP contribution < -0.4 is 4.90 Å². The number of aliphatic carboxylic acids is 1. The van der Waals surface area contributed by atoms with E-state index in [4.69, 9.17) is 9.52 Å². The number of carboxylic acids is 1. The lowest BCUT2D eigenvalue weighted by atomic mass is 10.3. The van der Waals surface area contributed by atoms with Crippen LogP contribution in [0.4, 0.5) is 5.69 Å². The number of carboxylic acid groups (broad SMARTS) is 1. The average Bonchev–Trinajstić information content (AvgIpc) is 2.33. The standard InChI is InChI=1S/C8H11NO3/c1-9(2)6-3-4-12-7(6)5-8(10)11/h3-4H,5H2,1-2H3,(H,10,11). The van der Waals surface area contributed by atoms with Crippen molar-refractivity contribution in [1.29, 1.82) is 0 Å². The van der Waals surface area contributed by atoms with Crippen molar-refractivity contribution in [2.75, 3.05) is 19.0 Å². The molecule has 1 N–H and O–H groups in total. The highest BCUT2D eigenvalue weighted by molar-refractivity contribution is 5.72. The molecule has 4 heteroatoms. The second-order valence-corrected chi connectivity index (χ2v) is 2.69. The van der Waals surface area contributed by atoms with E-state index in [1.807, 2.05) is 19.0 Å². The molecule has 0 amide bonds. The summed E-state index contributed by atoms with van der Waals surface area (Å²) in [6.45, 7) is 0. The van der Waals surface area contributed by atoms with Gasteiger partial charge >= 0.3 is 5.97 Å². The van der Waals surface area contributed by atoms with Gasteiger partial charge in [-0.05, 0) is 0 Å². The second-order valence-electron chi connectivity index (χ2n) is 2.69. The molecular formula is C8H11NO3. The van der Waals surface area contributed by atoms with Crippen molar-refractivity contribution in [2.24, 2.45) is 0 Å². The van der Waals surface area contributed by atoms with Crippen LogP contribution in [0.1, 0.15) is 5.76 Å². The lowest BCUT2D eigenvalue weighted by Crippen LogP contribution is -2.11. The van der Waals surface area contributed by atoms with Gasteiger partial charge in [0.1, 0.15) is 12.2 Å². The van der Waals surface area contributed by atoms with Crippen LogP contribution in [-0.4, -0.2) is 25.2 Å². The highest BCUT2D eigenvalue weighted by atomic mass is 16.4. The first kappa shape index (κ1) is 8.64. The summed E-state index contributed by atoms with van der Waals surface area (Å²) < 4.78 is 5.01. The number of anilines is 1. The fourth-order valence-corrected chi connectivity index (χ4v) is 1.00. The van der Waals surface area contributed by atoms with E-state index in [0.29, 0.717) is 5.76 Å². The van der Waals surface area contributed by atoms with Gasteiger partial charge in [0.05, 0.1) is 12.0 Å². The molecule has 0 unspecified atom stereocenters. The number of furan rings is 1. The third kappa shape index (κ3) is 1.78. The highest BCUT2D eigenvalue weighted by Gasteiger charge is 2.11. The first-order valence-electron chi connectivity index (χ1n) is 3.56. The lowest BCUT2D eigenvalue weighted by molar-refractivity contribution is -0.136. The maximum Gasteiger partial charge on any atom is 0.311 e. The third-order valence-electron chi connectivity index (χ3n) is 1.52. The van der Waals surface area contributed by atoms with Gasteiger partial charge in [-0.25, -0.2) is 0 Å². The Labute approximate surface area is 70.4 Å². The minimum Gasteiger partial charge on any atom is -0.481 e. The molecule has 0 aliphatic carbocycles. The summed E-state index contributed by atoms with van der Waals surface area (Å²) in [4.78, 5) is 12.2. The lowest BCUT2D eigenvalue weighted by Gasteiger charge is -2.10. The zero-order valence-corrected chi connectivity index (χ0v) is 7.07. The molecule has 0 saturated carbocycles. The van der Waals surface area contributed by atoms with Gasteiger partial charge in [-0.3, -0.25) is 4.79 Å². The molecular weight excluding hydrogens is 158 g/mol. The molecule has 0 radical (unpaired) electrons. The Hall–Kier alpha value is -1.45. The van der Waals surface area contributed by atoms with Crippen molar-refractivity contribution in [3.63, 3.8) is 0 Å². The molecule has 0 saturated heterocycles. The van der Waals surface area contributed by atoms with E-state index in [-0.39, 0.29) is 6.42 Å².